The number of nitriles is 1. The molecule has 84 valence electrons. The summed E-state index contributed by atoms with van der Waals surface area (Å²) in [6.07, 6.45) is 2.02. The van der Waals surface area contributed by atoms with Crippen LogP contribution in [0.5, 0.6) is 0 Å². The molecule has 0 radical (unpaired) electrons. The van der Waals surface area contributed by atoms with Crippen LogP contribution in [0.3, 0.4) is 0 Å². The standard InChI is InChI=1S/C13H15NOS/c14-8-11-3-1-10(2-4-11)7-12-9-15-6-5-13(12)16/h1-4,12-13,16H,5-7,9H2. The van der Waals surface area contributed by atoms with Gasteiger partial charge in [-0.15, -0.1) is 0 Å². The molecule has 2 atom stereocenters. The number of nitrogens with zero attached hydrogens (tertiary/aromatic N) is 1. The molecule has 1 heterocycles. The Kier molecular flexibility index (Phi) is 3.87. The Bertz CT molecular complexity index is 382. The third kappa shape index (κ3) is 2.78. The first-order chi connectivity index (χ1) is 7.79. The molecule has 0 bridgehead atoms. The lowest BCUT2D eigenvalue weighted by molar-refractivity contribution is 0.0596. The highest BCUT2D eigenvalue weighted by molar-refractivity contribution is 7.81. The molecule has 1 aromatic rings. The van der Waals surface area contributed by atoms with E-state index in [0.29, 0.717) is 16.7 Å². The van der Waals surface area contributed by atoms with Crippen molar-refractivity contribution in [2.45, 2.75) is 18.1 Å². The van der Waals surface area contributed by atoms with Gasteiger partial charge in [-0.05, 0) is 36.5 Å². The lowest BCUT2D eigenvalue weighted by Crippen LogP contribution is -2.29. The maximum absolute atomic E-state index is 8.71. The van der Waals surface area contributed by atoms with Crippen molar-refractivity contribution in [2.24, 2.45) is 5.92 Å². The lowest BCUT2D eigenvalue weighted by atomic mass is 9.93. The number of benzene rings is 1. The molecule has 0 saturated carbocycles. The van der Waals surface area contributed by atoms with Crippen LogP contribution in [0.1, 0.15) is 17.5 Å². The molecule has 3 heteroatoms. The Hall–Kier alpha value is -0.980. The zero-order valence-corrected chi connectivity index (χ0v) is 9.99. The van der Waals surface area contributed by atoms with Gasteiger partial charge >= 0.3 is 0 Å². The average molecular weight is 233 g/mol. The van der Waals surface area contributed by atoms with E-state index in [1.807, 2.05) is 24.3 Å². The molecule has 0 amide bonds. The first-order valence-electron chi connectivity index (χ1n) is 5.54. The van der Waals surface area contributed by atoms with E-state index < -0.39 is 0 Å². The molecular weight excluding hydrogens is 218 g/mol. The van der Waals surface area contributed by atoms with E-state index >= 15 is 0 Å². The van der Waals surface area contributed by atoms with Gasteiger partial charge in [-0.25, -0.2) is 0 Å². The molecule has 0 aromatic heterocycles. The first kappa shape index (κ1) is 11.5. The van der Waals surface area contributed by atoms with Crippen LogP contribution in [-0.2, 0) is 11.2 Å². The van der Waals surface area contributed by atoms with Crippen molar-refractivity contribution in [3.8, 4) is 6.07 Å². The maximum Gasteiger partial charge on any atom is 0.0991 e. The van der Waals surface area contributed by atoms with E-state index in [0.717, 1.165) is 26.1 Å². The fourth-order valence-corrected chi connectivity index (χ4v) is 2.30. The van der Waals surface area contributed by atoms with Crippen LogP contribution in [0.15, 0.2) is 24.3 Å². The minimum atomic E-state index is 0.435. The molecular formula is C13H15NOS. The highest BCUT2D eigenvalue weighted by Crippen LogP contribution is 2.23. The molecule has 1 fully saturated rings. The molecule has 2 unspecified atom stereocenters. The zero-order valence-electron chi connectivity index (χ0n) is 9.10. The van der Waals surface area contributed by atoms with Crippen molar-refractivity contribution in [1.29, 1.82) is 5.26 Å². The van der Waals surface area contributed by atoms with Crippen molar-refractivity contribution in [1.82, 2.24) is 0 Å². The molecule has 1 aliphatic heterocycles. The maximum atomic E-state index is 8.71. The van der Waals surface area contributed by atoms with Gasteiger partial charge in [0.05, 0.1) is 18.2 Å². The lowest BCUT2D eigenvalue weighted by Gasteiger charge is -2.28. The summed E-state index contributed by atoms with van der Waals surface area (Å²) in [7, 11) is 0. The molecule has 1 aromatic carbocycles. The van der Waals surface area contributed by atoms with Crippen molar-refractivity contribution in [2.75, 3.05) is 13.2 Å². The van der Waals surface area contributed by atoms with Crippen LogP contribution in [0.25, 0.3) is 0 Å². The van der Waals surface area contributed by atoms with Gasteiger partial charge in [-0.3, -0.25) is 0 Å². The number of rotatable bonds is 2. The second-order valence-corrected chi connectivity index (χ2v) is 4.87. The second kappa shape index (κ2) is 5.38. The molecule has 1 aliphatic rings. The Morgan fingerprint density at radius 1 is 1.38 bits per heavy atom. The van der Waals surface area contributed by atoms with Crippen LogP contribution < -0.4 is 0 Å². The highest BCUT2D eigenvalue weighted by atomic mass is 32.1. The smallest absolute Gasteiger partial charge is 0.0991 e. The van der Waals surface area contributed by atoms with E-state index in [1.54, 1.807) is 0 Å². The van der Waals surface area contributed by atoms with Gasteiger partial charge in [0.25, 0.3) is 0 Å². The molecule has 0 N–H and O–H groups in total. The highest BCUT2D eigenvalue weighted by Gasteiger charge is 2.22. The zero-order chi connectivity index (χ0) is 11.4. The van der Waals surface area contributed by atoms with E-state index in [-0.39, 0.29) is 0 Å². The topological polar surface area (TPSA) is 33.0 Å². The molecule has 2 rings (SSSR count). The number of ether oxygens (including phenoxy) is 1. The Balaban J connectivity index is 2.00. The summed E-state index contributed by atoms with van der Waals surface area (Å²) >= 11 is 4.59. The first-order valence-corrected chi connectivity index (χ1v) is 6.06. The summed E-state index contributed by atoms with van der Waals surface area (Å²) < 4.78 is 5.47. The predicted molar refractivity (Wildman–Crippen MR) is 66.6 cm³/mol. The van der Waals surface area contributed by atoms with E-state index in [1.165, 1.54) is 5.56 Å². The van der Waals surface area contributed by atoms with Crippen LogP contribution in [0.2, 0.25) is 0 Å². The van der Waals surface area contributed by atoms with Crippen LogP contribution in [0.4, 0.5) is 0 Å². The van der Waals surface area contributed by atoms with Gasteiger partial charge in [0.1, 0.15) is 0 Å². The molecule has 16 heavy (non-hydrogen) atoms. The summed E-state index contributed by atoms with van der Waals surface area (Å²) in [5.74, 6) is 0.491. The van der Waals surface area contributed by atoms with Gasteiger partial charge in [0.2, 0.25) is 0 Å². The third-order valence-electron chi connectivity index (χ3n) is 3.01. The molecule has 2 nitrogen and oxygen atoms in total. The van der Waals surface area contributed by atoms with Crippen LogP contribution in [0, 0.1) is 17.2 Å². The minimum absolute atomic E-state index is 0.435. The predicted octanol–water partition coefficient (Wildman–Crippen LogP) is 2.44. The van der Waals surface area contributed by atoms with Gasteiger partial charge in [0, 0.05) is 11.9 Å². The SMILES string of the molecule is N#Cc1ccc(CC2COCCC2S)cc1. The molecule has 0 spiro atoms. The summed E-state index contributed by atoms with van der Waals surface area (Å²) in [5.41, 5.74) is 1.97. The number of hydrogen-bond acceptors (Lipinski definition) is 3. The minimum Gasteiger partial charge on any atom is -0.381 e. The van der Waals surface area contributed by atoms with E-state index in [9.17, 15) is 0 Å². The quantitative estimate of drug-likeness (QED) is 0.796. The van der Waals surface area contributed by atoms with E-state index in [2.05, 4.69) is 18.7 Å². The van der Waals surface area contributed by atoms with Gasteiger partial charge in [0.15, 0.2) is 0 Å². The molecule has 1 saturated heterocycles. The van der Waals surface area contributed by atoms with Crippen molar-refractivity contribution < 1.29 is 4.74 Å². The van der Waals surface area contributed by atoms with E-state index in [4.69, 9.17) is 10.00 Å². The van der Waals surface area contributed by atoms with Crippen molar-refractivity contribution >= 4 is 12.6 Å². The fraction of sp³-hybridized carbons (Fsp3) is 0.462. The van der Waals surface area contributed by atoms with Crippen molar-refractivity contribution in [3.63, 3.8) is 0 Å². The summed E-state index contributed by atoms with van der Waals surface area (Å²) in [4.78, 5) is 0. The number of hydrogen-bond donors (Lipinski definition) is 1. The Morgan fingerprint density at radius 3 is 2.75 bits per heavy atom. The summed E-state index contributed by atoms with van der Waals surface area (Å²) in [6, 6.07) is 9.90. The second-order valence-electron chi connectivity index (χ2n) is 4.20. The van der Waals surface area contributed by atoms with Crippen LogP contribution >= 0.6 is 12.6 Å². The number of thiol groups is 1. The summed E-state index contributed by atoms with van der Waals surface area (Å²) in [5, 5.41) is 9.14. The van der Waals surface area contributed by atoms with Gasteiger partial charge in [-0.2, -0.15) is 17.9 Å². The normalized spacial score (nSPS) is 25.0. The van der Waals surface area contributed by atoms with Crippen molar-refractivity contribution in [3.05, 3.63) is 35.4 Å². The fourth-order valence-electron chi connectivity index (χ4n) is 2.00. The largest absolute Gasteiger partial charge is 0.381 e. The Morgan fingerprint density at radius 2 is 2.12 bits per heavy atom. The monoisotopic (exact) mass is 233 g/mol. The average Bonchev–Trinajstić information content (AvgIpc) is 2.33. The Labute approximate surface area is 102 Å². The summed E-state index contributed by atoms with van der Waals surface area (Å²) in [6.45, 7) is 1.63. The van der Waals surface area contributed by atoms with Gasteiger partial charge in [-0.1, -0.05) is 12.1 Å². The van der Waals surface area contributed by atoms with Crippen LogP contribution in [-0.4, -0.2) is 18.5 Å². The third-order valence-corrected chi connectivity index (χ3v) is 3.69. The molecule has 0 aliphatic carbocycles. The van der Waals surface area contributed by atoms with Gasteiger partial charge < -0.3 is 4.74 Å².